The minimum Gasteiger partial charge on any atom is -0.348 e. The lowest BCUT2D eigenvalue weighted by molar-refractivity contribution is 0.0929. The average Bonchev–Trinajstić information content (AvgIpc) is 3.41. The molecule has 154 valence electrons. The molecule has 3 rings (SSSR count). The molecule has 29 heavy (non-hydrogen) atoms. The van der Waals surface area contributed by atoms with E-state index >= 15 is 0 Å². The van der Waals surface area contributed by atoms with Crippen LogP contribution in [-0.4, -0.2) is 46.3 Å². The number of nitrogens with zero attached hydrogens (tertiary/aromatic N) is 3. The first kappa shape index (κ1) is 21.3. The van der Waals surface area contributed by atoms with Crippen molar-refractivity contribution in [2.75, 3.05) is 19.6 Å². The summed E-state index contributed by atoms with van der Waals surface area (Å²) in [6.45, 7) is 9.65. The summed E-state index contributed by atoms with van der Waals surface area (Å²) in [5.41, 5.74) is 2.27. The third-order valence-electron chi connectivity index (χ3n) is 5.10. The molecule has 6 heteroatoms. The summed E-state index contributed by atoms with van der Waals surface area (Å²) in [5.74, 6) is -0.0838. The van der Waals surface area contributed by atoms with E-state index in [-0.39, 0.29) is 11.9 Å². The molecule has 0 saturated heterocycles. The standard InChI is InChI=1S/C23H30N4OS/c1-4-26(5-2)15-9-11-18(3)24-23(28)21-17-20(22-14-10-16-29-22)25-27(21)19-12-7-6-8-13-19/h6-8,10,12-14,16-18H,4-5,9,11,15H2,1-3H3,(H,24,28)/t18-/m1/s1. The fraction of sp³-hybridized carbons (Fsp3) is 0.391. The lowest BCUT2D eigenvalue weighted by Gasteiger charge is -2.20. The SMILES string of the molecule is CCN(CC)CCC[C@@H](C)NC(=O)c1cc(-c2cccs2)nn1-c1ccccc1. The zero-order valence-corrected chi connectivity index (χ0v) is 18.3. The Morgan fingerprint density at radius 1 is 1.17 bits per heavy atom. The predicted octanol–water partition coefficient (Wildman–Crippen LogP) is 4.84. The van der Waals surface area contributed by atoms with Crippen LogP contribution in [0.3, 0.4) is 0 Å². The highest BCUT2D eigenvalue weighted by Gasteiger charge is 2.19. The Labute approximate surface area is 177 Å². The molecule has 3 aromatic rings. The molecule has 0 aliphatic rings. The first-order valence-corrected chi connectivity index (χ1v) is 11.2. The second-order valence-electron chi connectivity index (χ2n) is 7.18. The van der Waals surface area contributed by atoms with E-state index < -0.39 is 0 Å². The van der Waals surface area contributed by atoms with Gasteiger partial charge in [-0.2, -0.15) is 5.10 Å². The monoisotopic (exact) mass is 410 g/mol. The summed E-state index contributed by atoms with van der Waals surface area (Å²) in [5, 5.41) is 9.90. The van der Waals surface area contributed by atoms with Gasteiger partial charge >= 0.3 is 0 Å². The molecule has 2 aromatic heterocycles. The van der Waals surface area contributed by atoms with Crippen LogP contribution in [0.25, 0.3) is 16.3 Å². The molecule has 1 atom stereocenters. The third kappa shape index (κ3) is 5.55. The third-order valence-corrected chi connectivity index (χ3v) is 5.99. The van der Waals surface area contributed by atoms with Gasteiger partial charge in [-0.1, -0.05) is 38.1 Å². The Hall–Kier alpha value is -2.44. The second kappa shape index (κ2) is 10.4. The number of aromatic nitrogens is 2. The lowest BCUT2D eigenvalue weighted by atomic mass is 10.1. The molecule has 0 aliphatic carbocycles. The number of hydrogen-bond acceptors (Lipinski definition) is 4. The maximum atomic E-state index is 13.1. The molecule has 0 bridgehead atoms. The number of nitrogens with one attached hydrogen (secondary N) is 1. The molecule has 0 unspecified atom stereocenters. The highest BCUT2D eigenvalue weighted by Crippen LogP contribution is 2.25. The Morgan fingerprint density at radius 3 is 2.59 bits per heavy atom. The van der Waals surface area contributed by atoms with Gasteiger partial charge in [0.1, 0.15) is 11.4 Å². The van der Waals surface area contributed by atoms with E-state index in [1.807, 2.05) is 53.9 Å². The Morgan fingerprint density at radius 2 is 1.93 bits per heavy atom. The summed E-state index contributed by atoms with van der Waals surface area (Å²) in [6.07, 6.45) is 2.03. The molecule has 5 nitrogen and oxygen atoms in total. The van der Waals surface area contributed by atoms with E-state index in [2.05, 4.69) is 31.0 Å². The average molecular weight is 411 g/mol. The zero-order chi connectivity index (χ0) is 20.6. The number of hydrogen-bond donors (Lipinski definition) is 1. The molecular formula is C23H30N4OS. The van der Waals surface area contributed by atoms with Crippen molar-refractivity contribution in [3.05, 3.63) is 59.6 Å². The van der Waals surface area contributed by atoms with E-state index in [4.69, 9.17) is 5.10 Å². The minimum absolute atomic E-state index is 0.0838. The van der Waals surface area contributed by atoms with Gasteiger partial charge < -0.3 is 10.2 Å². The maximum Gasteiger partial charge on any atom is 0.270 e. The van der Waals surface area contributed by atoms with Crippen LogP contribution in [0.5, 0.6) is 0 Å². The fourth-order valence-corrected chi connectivity index (χ4v) is 4.07. The minimum atomic E-state index is -0.0838. The molecule has 1 amide bonds. The molecular weight excluding hydrogens is 380 g/mol. The number of para-hydroxylation sites is 1. The highest BCUT2D eigenvalue weighted by atomic mass is 32.1. The first-order valence-electron chi connectivity index (χ1n) is 10.3. The topological polar surface area (TPSA) is 50.2 Å². The van der Waals surface area contributed by atoms with E-state index in [1.54, 1.807) is 16.0 Å². The van der Waals surface area contributed by atoms with Gasteiger partial charge in [0.25, 0.3) is 5.91 Å². The molecule has 1 aromatic carbocycles. The van der Waals surface area contributed by atoms with Gasteiger partial charge in [0.05, 0.1) is 10.6 Å². The summed E-state index contributed by atoms with van der Waals surface area (Å²) < 4.78 is 1.74. The molecule has 0 spiro atoms. The highest BCUT2D eigenvalue weighted by molar-refractivity contribution is 7.13. The van der Waals surface area contributed by atoms with Crippen molar-refractivity contribution in [1.29, 1.82) is 0 Å². The number of benzene rings is 1. The lowest BCUT2D eigenvalue weighted by Crippen LogP contribution is -2.34. The molecule has 1 N–H and O–H groups in total. The zero-order valence-electron chi connectivity index (χ0n) is 17.5. The smallest absolute Gasteiger partial charge is 0.270 e. The fourth-order valence-electron chi connectivity index (χ4n) is 3.38. The van der Waals surface area contributed by atoms with Crippen molar-refractivity contribution < 1.29 is 4.79 Å². The van der Waals surface area contributed by atoms with Gasteiger partial charge in [-0.15, -0.1) is 11.3 Å². The second-order valence-corrected chi connectivity index (χ2v) is 8.13. The maximum absolute atomic E-state index is 13.1. The van der Waals surface area contributed by atoms with Crippen molar-refractivity contribution in [3.63, 3.8) is 0 Å². The number of carbonyl (C=O) groups is 1. The van der Waals surface area contributed by atoms with Crippen LogP contribution >= 0.6 is 11.3 Å². The van der Waals surface area contributed by atoms with Crippen molar-refractivity contribution >= 4 is 17.2 Å². The molecule has 2 heterocycles. The van der Waals surface area contributed by atoms with E-state index in [1.165, 1.54) is 0 Å². The Kier molecular flexibility index (Phi) is 7.61. The van der Waals surface area contributed by atoms with Crippen molar-refractivity contribution in [3.8, 4) is 16.3 Å². The van der Waals surface area contributed by atoms with E-state index in [9.17, 15) is 4.79 Å². The number of rotatable bonds is 10. The van der Waals surface area contributed by atoms with Gasteiger partial charge in [-0.25, -0.2) is 4.68 Å². The van der Waals surface area contributed by atoms with E-state index in [0.717, 1.165) is 48.7 Å². The summed E-state index contributed by atoms with van der Waals surface area (Å²) in [7, 11) is 0. The molecule has 0 fully saturated rings. The molecule has 0 saturated carbocycles. The van der Waals surface area contributed by atoms with Crippen LogP contribution in [0.1, 0.15) is 44.1 Å². The van der Waals surface area contributed by atoms with Gasteiger partial charge in [0.2, 0.25) is 0 Å². The largest absolute Gasteiger partial charge is 0.348 e. The van der Waals surface area contributed by atoms with Gasteiger partial charge in [-0.05, 0) is 69.0 Å². The summed E-state index contributed by atoms with van der Waals surface area (Å²) in [6, 6.07) is 15.8. The van der Waals surface area contributed by atoms with Gasteiger partial charge in [0.15, 0.2) is 0 Å². The van der Waals surface area contributed by atoms with Gasteiger partial charge in [0, 0.05) is 6.04 Å². The number of amides is 1. The van der Waals surface area contributed by atoms with Crippen LogP contribution in [0.15, 0.2) is 53.9 Å². The quantitative estimate of drug-likeness (QED) is 0.520. The number of carbonyl (C=O) groups excluding carboxylic acids is 1. The van der Waals surface area contributed by atoms with Crippen LogP contribution in [0.4, 0.5) is 0 Å². The van der Waals surface area contributed by atoms with Crippen molar-refractivity contribution in [1.82, 2.24) is 20.0 Å². The van der Waals surface area contributed by atoms with E-state index in [0.29, 0.717) is 5.69 Å². The van der Waals surface area contributed by atoms with Crippen LogP contribution in [-0.2, 0) is 0 Å². The number of thiophene rings is 1. The van der Waals surface area contributed by atoms with Crippen molar-refractivity contribution in [2.24, 2.45) is 0 Å². The first-order chi connectivity index (χ1) is 14.1. The summed E-state index contributed by atoms with van der Waals surface area (Å²) in [4.78, 5) is 16.5. The Bertz CT molecular complexity index is 885. The van der Waals surface area contributed by atoms with Crippen LogP contribution in [0.2, 0.25) is 0 Å². The normalized spacial score (nSPS) is 12.3. The van der Waals surface area contributed by atoms with Crippen LogP contribution in [0, 0.1) is 0 Å². The van der Waals surface area contributed by atoms with Gasteiger partial charge in [-0.3, -0.25) is 4.79 Å². The molecule has 0 aliphatic heterocycles. The van der Waals surface area contributed by atoms with Crippen molar-refractivity contribution in [2.45, 2.75) is 39.7 Å². The summed E-state index contributed by atoms with van der Waals surface area (Å²) >= 11 is 1.62. The molecule has 0 radical (unpaired) electrons. The van der Waals surface area contributed by atoms with Crippen LogP contribution < -0.4 is 5.32 Å². The Balaban J connectivity index is 1.73. The predicted molar refractivity (Wildman–Crippen MR) is 121 cm³/mol.